The van der Waals surface area contributed by atoms with Gasteiger partial charge >= 0.3 is 0 Å². The van der Waals surface area contributed by atoms with Crippen LogP contribution in [0.15, 0.2) is 30.5 Å². The summed E-state index contributed by atoms with van der Waals surface area (Å²) < 4.78 is 24.5. The summed E-state index contributed by atoms with van der Waals surface area (Å²) in [5, 5.41) is 2.21. The lowest BCUT2D eigenvalue weighted by molar-refractivity contribution is -0.686. The van der Waals surface area contributed by atoms with E-state index >= 15 is 0 Å². The Morgan fingerprint density at radius 1 is 0.821 bits per heavy atom. The second kappa shape index (κ2) is 8.03. The first-order chi connectivity index (χ1) is 13.1. The third-order valence-electron chi connectivity index (χ3n) is 5.40. The number of pyridine rings is 1. The second-order valence-corrected chi connectivity index (χ2v) is 6.67. The van der Waals surface area contributed by atoms with Crippen molar-refractivity contribution in [2.45, 2.75) is 19.9 Å². The van der Waals surface area contributed by atoms with E-state index in [-0.39, 0.29) is 24.0 Å². The number of methoxy groups -OCH3 is 4. The van der Waals surface area contributed by atoms with Gasteiger partial charge in [-0.2, -0.15) is 4.57 Å². The first-order valence-electron chi connectivity index (χ1n) is 8.96. The van der Waals surface area contributed by atoms with Crippen molar-refractivity contribution < 1.29 is 47.5 Å². The van der Waals surface area contributed by atoms with E-state index in [2.05, 4.69) is 35.9 Å². The maximum Gasteiger partial charge on any atom is 0.216 e. The van der Waals surface area contributed by atoms with E-state index in [1.165, 1.54) is 22.4 Å². The molecule has 1 aliphatic rings. The lowest BCUT2D eigenvalue weighted by atomic mass is 9.91. The highest BCUT2D eigenvalue weighted by Gasteiger charge is 2.29. The fourth-order valence-electron chi connectivity index (χ4n) is 4.09. The molecular formula is C22H24INO4. The van der Waals surface area contributed by atoms with Crippen LogP contribution >= 0.6 is 0 Å². The number of benzene rings is 2. The third kappa shape index (κ3) is 3.03. The van der Waals surface area contributed by atoms with Crippen molar-refractivity contribution in [2.75, 3.05) is 28.4 Å². The quantitative estimate of drug-likeness (QED) is 0.397. The summed E-state index contributed by atoms with van der Waals surface area (Å²) in [4.78, 5) is 0. The molecule has 1 aliphatic heterocycles. The molecule has 28 heavy (non-hydrogen) atoms. The highest BCUT2D eigenvalue weighted by Crippen LogP contribution is 2.41. The van der Waals surface area contributed by atoms with Crippen molar-refractivity contribution in [3.05, 3.63) is 41.6 Å². The Labute approximate surface area is 182 Å². The van der Waals surface area contributed by atoms with E-state index < -0.39 is 0 Å². The second-order valence-electron chi connectivity index (χ2n) is 6.67. The predicted molar refractivity (Wildman–Crippen MR) is 104 cm³/mol. The molecule has 0 fully saturated rings. The molecule has 0 aliphatic carbocycles. The number of hydrogen-bond acceptors (Lipinski definition) is 4. The molecule has 2 heterocycles. The molecule has 2 aromatic carbocycles. The maximum absolute atomic E-state index is 5.66. The normalized spacial score (nSPS) is 11.9. The Kier molecular flexibility index (Phi) is 5.88. The molecule has 0 saturated heterocycles. The van der Waals surface area contributed by atoms with Crippen LogP contribution in [0.25, 0.3) is 22.0 Å². The minimum Gasteiger partial charge on any atom is -1.00 e. The molecule has 148 valence electrons. The van der Waals surface area contributed by atoms with Crippen molar-refractivity contribution in [3.8, 4) is 34.3 Å². The Balaban J connectivity index is 0.00000225. The van der Waals surface area contributed by atoms with Crippen molar-refractivity contribution >= 4 is 10.8 Å². The molecule has 0 saturated carbocycles. The minimum absolute atomic E-state index is 0. The van der Waals surface area contributed by atoms with Crippen molar-refractivity contribution in [3.63, 3.8) is 0 Å². The molecule has 1 aromatic heterocycles. The van der Waals surface area contributed by atoms with E-state index in [9.17, 15) is 0 Å². The number of aryl methyl sites for hydroxylation is 3. The van der Waals surface area contributed by atoms with Crippen LogP contribution in [0.2, 0.25) is 0 Å². The average Bonchev–Trinajstić information content (AvgIpc) is 2.71. The van der Waals surface area contributed by atoms with Crippen molar-refractivity contribution in [1.29, 1.82) is 0 Å². The van der Waals surface area contributed by atoms with Crippen LogP contribution < -0.4 is 47.5 Å². The summed E-state index contributed by atoms with van der Waals surface area (Å²) in [6.07, 6.45) is 3.10. The van der Waals surface area contributed by atoms with E-state index in [1.54, 1.807) is 28.4 Å². The lowest BCUT2D eigenvalue weighted by Gasteiger charge is -2.20. The van der Waals surface area contributed by atoms with Gasteiger partial charge < -0.3 is 42.9 Å². The fourth-order valence-corrected chi connectivity index (χ4v) is 4.09. The van der Waals surface area contributed by atoms with E-state index in [1.807, 2.05) is 6.07 Å². The molecule has 4 rings (SSSR count). The van der Waals surface area contributed by atoms with Crippen LogP contribution in [-0.4, -0.2) is 28.4 Å². The van der Waals surface area contributed by atoms with Crippen LogP contribution in [0.1, 0.15) is 11.1 Å². The Morgan fingerprint density at radius 2 is 1.50 bits per heavy atom. The fraction of sp³-hybridized carbons (Fsp3) is 0.318. The van der Waals surface area contributed by atoms with Gasteiger partial charge in [-0.05, 0) is 36.8 Å². The van der Waals surface area contributed by atoms with Gasteiger partial charge in [0.2, 0.25) is 5.69 Å². The summed E-state index contributed by atoms with van der Waals surface area (Å²) in [5.41, 5.74) is 4.88. The highest BCUT2D eigenvalue weighted by atomic mass is 127. The van der Waals surface area contributed by atoms with Crippen LogP contribution in [0.5, 0.6) is 23.0 Å². The van der Waals surface area contributed by atoms with E-state index in [0.29, 0.717) is 0 Å². The Hall–Kier alpha value is -2.22. The van der Waals surface area contributed by atoms with Crippen molar-refractivity contribution in [1.82, 2.24) is 0 Å². The molecule has 0 radical (unpaired) electrons. The zero-order chi connectivity index (χ0) is 19.1. The smallest absolute Gasteiger partial charge is 0.216 e. The van der Waals surface area contributed by atoms with Crippen LogP contribution in [0, 0.1) is 6.92 Å². The molecule has 0 spiro atoms. The number of aromatic nitrogens is 1. The molecular weight excluding hydrogens is 469 g/mol. The summed E-state index contributed by atoms with van der Waals surface area (Å²) in [7, 11) is 6.70. The topological polar surface area (TPSA) is 40.8 Å². The molecule has 0 atom stereocenters. The zero-order valence-electron chi connectivity index (χ0n) is 16.8. The van der Waals surface area contributed by atoms with Gasteiger partial charge in [-0.15, -0.1) is 0 Å². The van der Waals surface area contributed by atoms with E-state index in [0.717, 1.165) is 46.7 Å². The Morgan fingerprint density at radius 3 is 2.14 bits per heavy atom. The summed E-state index contributed by atoms with van der Waals surface area (Å²) in [6, 6.07) is 8.24. The van der Waals surface area contributed by atoms with Gasteiger partial charge in [-0.3, -0.25) is 0 Å². The lowest BCUT2D eigenvalue weighted by Crippen LogP contribution is -3.00. The molecule has 0 unspecified atom stereocenters. The first-order valence-corrected chi connectivity index (χ1v) is 8.96. The van der Waals surface area contributed by atoms with Gasteiger partial charge in [0.15, 0.2) is 35.7 Å². The molecule has 6 heteroatoms. The number of fused-ring (bicyclic) bond motifs is 4. The number of ether oxygens (including phenoxy) is 4. The van der Waals surface area contributed by atoms with Crippen LogP contribution in [0.4, 0.5) is 0 Å². The van der Waals surface area contributed by atoms with Gasteiger partial charge in [0.25, 0.3) is 0 Å². The third-order valence-corrected chi connectivity index (χ3v) is 5.40. The standard InChI is InChI=1S/C22H24NO4.HI/c1-13-15-6-7-18(24-2)22(27-5)17(15)12-23-9-8-14-10-19(25-3)20(26-4)11-16(14)21(13)23;/h6-7,10-12H,8-9H2,1-5H3;1H/q+1;/p-1. The predicted octanol–water partition coefficient (Wildman–Crippen LogP) is 0.697. The summed E-state index contributed by atoms with van der Waals surface area (Å²) in [5.74, 6) is 3.03. The number of halogens is 1. The average molecular weight is 493 g/mol. The monoisotopic (exact) mass is 493 g/mol. The largest absolute Gasteiger partial charge is 1.00 e. The minimum atomic E-state index is 0. The van der Waals surface area contributed by atoms with Crippen molar-refractivity contribution in [2.24, 2.45) is 0 Å². The number of hydrogen-bond donors (Lipinski definition) is 0. The van der Waals surface area contributed by atoms with Gasteiger partial charge in [0, 0.05) is 17.4 Å². The molecule has 5 nitrogen and oxygen atoms in total. The molecule has 3 aromatic rings. The molecule has 0 bridgehead atoms. The molecule has 0 amide bonds. The number of nitrogens with zero attached hydrogens (tertiary/aromatic N) is 1. The van der Waals surface area contributed by atoms with Gasteiger partial charge in [0.05, 0.1) is 39.4 Å². The van der Waals surface area contributed by atoms with Crippen LogP contribution in [-0.2, 0) is 13.0 Å². The van der Waals surface area contributed by atoms with Gasteiger partial charge in [-0.25, -0.2) is 0 Å². The summed E-state index contributed by atoms with van der Waals surface area (Å²) in [6.45, 7) is 3.06. The highest BCUT2D eigenvalue weighted by molar-refractivity contribution is 5.94. The Bertz CT molecular complexity index is 1050. The van der Waals surface area contributed by atoms with Gasteiger partial charge in [-0.1, -0.05) is 0 Å². The first kappa shape index (κ1) is 20.5. The summed E-state index contributed by atoms with van der Waals surface area (Å²) >= 11 is 0. The van der Waals surface area contributed by atoms with Gasteiger partial charge in [0.1, 0.15) is 0 Å². The molecule has 0 N–H and O–H groups in total. The van der Waals surface area contributed by atoms with Crippen LogP contribution in [0.3, 0.4) is 0 Å². The number of rotatable bonds is 4. The maximum atomic E-state index is 5.66. The zero-order valence-corrected chi connectivity index (χ0v) is 18.9. The van der Waals surface area contributed by atoms with E-state index in [4.69, 9.17) is 18.9 Å². The SMILES string of the molecule is COc1cc2c(cc1OC)-c1c(C)c3ccc(OC)c(OC)c3c[n+]1CC2.[I-].